The molecule has 0 radical (unpaired) electrons. The van der Waals surface area contributed by atoms with E-state index in [2.05, 4.69) is 10.3 Å². The van der Waals surface area contributed by atoms with Crippen molar-refractivity contribution in [2.75, 3.05) is 17.7 Å². The summed E-state index contributed by atoms with van der Waals surface area (Å²) in [6.45, 7) is 2.19. The van der Waals surface area contributed by atoms with Crippen LogP contribution in [0.5, 0.6) is 11.6 Å². The number of ether oxygens (including phenoxy) is 2. The van der Waals surface area contributed by atoms with E-state index in [1.807, 2.05) is 0 Å². The molecule has 1 aliphatic rings. The molecule has 2 aromatic rings. The fourth-order valence-corrected chi connectivity index (χ4v) is 3.87. The predicted octanol–water partition coefficient (Wildman–Crippen LogP) is 1.65. The first-order chi connectivity index (χ1) is 11.5. The first-order valence-electron chi connectivity index (χ1n) is 7.38. The minimum absolute atomic E-state index is 0.102. The Labute approximate surface area is 139 Å². The van der Waals surface area contributed by atoms with Gasteiger partial charge in [0.1, 0.15) is 22.1 Å². The number of benzene rings is 1. The van der Waals surface area contributed by atoms with Gasteiger partial charge in [0, 0.05) is 6.20 Å². The number of rotatable bonds is 4. The Balaban J connectivity index is 1.83. The molecule has 0 unspecified atom stereocenters. The molecule has 126 valence electrons. The van der Waals surface area contributed by atoms with Crippen molar-refractivity contribution in [2.45, 2.75) is 17.9 Å². The maximum absolute atomic E-state index is 12.4. The number of nitrogens with zero attached hydrogens (tertiary/aromatic N) is 1. The van der Waals surface area contributed by atoms with Crippen LogP contribution in [0, 0.1) is 0 Å². The van der Waals surface area contributed by atoms with E-state index >= 15 is 0 Å². The van der Waals surface area contributed by atoms with E-state index in [-0.39, 0.29) is 16.5 Å². The molecule has 0 aliphatic carbocycles. The molecule has 1 amide bonds. The van der Waals surface area contributed by atoms with E-state index in [0.717, 1.165) is 0 Å². The van der Waals surface area contributed by atoms with Gasteiger partial charge in [0.2, 0.25) is 5.88 Å². The maximum atomic E-state index is 12.4. The third kappa shape index (κ3) is 3.18. The Hall–Kier alpha value is -2.61. The predicted molar refractivity (Wildman–Crippen MR) is 86.9 cm³/mol. The quantitative estimate of drug-likeness (QED) is 0.903. The van der Waals surface area contributed by atoms with E-state index in [1.54, 1.807) is 37.4 Å². The van der Waals surface area contributed by atoms with Crippen molar-refractivity contribution in [3.8, 4) is 11.6 Å². The Morgan fingerprint density at radius 3 is 2.92 bits per heavy atom. The summed E-state index contributed by atoms with van der Waals surface area (Å²) < 4.78 is 35.5. The number of para-hydroxylation sites is 1. The lowest BCUT2D eigenvalue weighted by atomic mass is 10.3. The number of aromatic nitrogens is 1. The highest BCUT2D eigenvalue weighted by atomic mass is 32.2. The van der Waals surface area contributed by atoms with Crippen molar-refractivity contribution in [3.63, 3.8) is 0 Å². The standard InChI is InChI=1S/C16H16N2O5S/c1-2-22-16-11(6-5-9-17-16)18-15(19)13-10-24(20,21)14-8-4-3-7-12(14)23-13/h3-9,13H,2,10H2,1H3,(H,18,19)/t13-/m0/s1. The molecule has 1 aliphatic heterocycles. The number of hydrogen-bond acceptors (Lipinski definition) is 6. The van der Waals surface area contributed by atoms with Crippen LogP contribution in [0.15, 0.2) is 47.5 Å². The third-order valence-electron chi connectivity index (χ3n) is 3.43. The first-order valence-corrected chi connectivity index (χ1v) is 9.03. The summed E-state index contributed by atoms with van der Waals surface area (Å²) in [7, 11) is -3.58. The van der Waals surface area contributed by atoms with Gasteiger partial charge in [-0.25, -0.2) is 13.4 Å². The summed E-state index contributed by atoms with van der Waals surface area (Å²) in [5.41, 5.74) is 0.365. The number of fused-ring (bicyclic) bond motifs is 1. The average molecular weight is 348 g/mol. The van der Waals surface area contributed by atoms with Gasteiger partial charge >= 0.3 is 0 Å². The number of anilines is 1. The molecule has 1 N–H and O–H groups in total. The van der Waals surface area contributed by atoms with Crippen LogP contribution in [0.2, 0.25) is 0 Å². The van der Waals surface area contributed by atoms with Gasteiger partial charge in [-0.2, -0.15) is 0 Å². The third-order valence-corrected chi connectivity index (χ3v) is 5.18. The molecule has 1 aromatic carbocycles. The molecule has 1 atom stereocenters. The zero-order valence-electron chi connectivity index (χ0n) is 12.9. The van der Waals surface area contributed by atoms with Crippen molar-refractivity contribution in [3.05, 3.63) is 42.6 Å². The highest BCUT2D eigenvalue weighted by Crippen LogP contribution is 2.31. The Kier molecular flexibility index (Phi) is 4.39. The molecular formula is C16H16N2O5S. The second-order valence-corrected chi connectivity index (χ2v) is 7.12. The molecule has 7 nitrogen and oxygen atoms in total. The summed E-state index contributed by atoms with van der Waals surface area (Å²) in [6, 6.07) is 9.54. The SMILES string of the molecule is CCOc1ncccc1NC(=O)[C@@H]1CS(=O)(=O)c2ccccc2O1. The van der Waals surface area contributed by atoms with Gasteiger partial charge in [-0.05, 0) is 31.2 Å². The molecule has 3 rings (SSSR count). The second kappa shape index (κ2) is 6.48. The molecule has 1 aromatic heterocycles. The van der Waals surface area contributed by atoms with Gasteiger partial charge in [-0.15, -0.1) is 0 Å². The average Bonchev–Trinajstić information content (AvgIpc) is 2.56. The summed E-state index contributed by atoms with van der Waals surface area (Å²) in [5, 5.41) is 2.62. The Morgan fingerprint density at radius 2 is 2.12 bits per heavy atom. The van der Waals surface area contributed by atoms with E-state index in [4.69, 9.17) is 9.47 Å². The van der Waals surface area contributed by atoms with Crippen LogP contribution in [-0.2, 0) is 14.6 Å². The summed E-state index contributed by atoms with van der Waals surface area (Å²) in [4.78, 5) is 16.6. The largest absolute Gasteiger partial charge is 0.478 e. The number of pyridine rings is 1. The van der Waals surface area contributed by atoms with E-state index in [0.29, 0.717) is 12.3 Å². The molecular weight excluding hydrogens is 332 g/mol. The van der Waals surface area contributed by atoms with Crippen molar-refractivity contribution >= 4 is 21.4 Å². The molecule has 24 heavy (non-hydrogen) atoms. The zero-order chi connectivity index (χ0) is 17.2. The fourth-order valence-electron chi connectivity index (χ4n) is 2.36. The number of carbonyl (C=O) groups is 1. The van der Waals surface area contributed by atoms with Gasteiger partial charge in [-0.1, -0.05) is 12.1 Å². The molecule has 2 heterocycles. The van der Waals surface area contributed by atoms with Crippen LogP contribution in [0.3, 0.4) is 0 Å². The van der Waals surface area contributed by atoms with Gasteiger partial charge in [0.15, 0.2) is 15.9 Å². The van der Waals surface area contributed by atoms with Crippen molar-refractivity contribution in [2.24, 2.45) is 0 Å². The number of amides is 1. The van der Waals surface area contributed by atoms with E-state index in [9.17, 15) is 13.2 Å². The van der Waals surface area contributed by atoms with Crippen molar-refractivity contribution in [1.29, 1.82) is 0 Å². The topological polar surface area (TPSA) is 94.6 Å². The van der Waals surface area contributed by atoms with Crippen molar-refractivity contribution in [1.82, 2.24) is 4.98 Å². The van der Waals surface area contributed by atoms with Gasteiger partial charge in [0.25, 0.3) is 5.91 Å². The smallest absolute Gasteiger partial charge is 0.266 e. The molecule has 0 spiro atoms. The lowest BCUT2D eigenvalue weighted by Crippen LogP contribution is -2.41. The molecule has 0 bridgehead atoms. The Bertz CT molecular complexity index is 866. The Morgan fingerprint density at radius 1 is 1.33 bits per heavy atom. The zero-order valence-corrected chi connectivity index (χ0v) is 13.7. The lowest BCUT2D eigenvalue weighted by Gasteiger charge is -2.25. The monoisotopic (exact) mass is 348 g/mol. The van der Waals surface area contributed by atoms with Crippen LogP contribution in [-0.4, -0.2) is 37.8 Å². The number of hydrogen-bond donors (Lipinski definition) is 1. The highest BCUT2D eigenvalue weighted by molar-refractivity contribution is 7.91. The van der Waals surface area contributed by atoms with Crippen molar-refractivity contribution < 1.29 is 22.7 Å². The number of nitrogens with one attached hydrogen (secondary N) is 1. The van der Waals surface area contributed by atoms with E-state index < -0.39 is 27.6 Å². The lowest BCUT2D eigenvalue weighted by molar-refractivity contribution is -0.122. The van der Waals surface area contributed by atoms with Crippen LogP contribution in [0.4, 0.5) is 5.69 Å². The molecule has 0 fully saturated rings. The van der Waals surface area contributed by atoms with Crippen LogP contribution >= 0.6 is 0 Å². The molecule has 0 saturated carbocycles. The van der Waals surface area contributed by atoms with Gasteiger partial charge in [0.05, 0.1) is 6.61 Å². The molecule has 8 heteroatoms. The van der Waals surface area contributed by atoms with Gasteiger partial charge in [-0.3, -0.25) is 4.79 Å². The van der Waals surface area contributed by atoms with Gasteiger partial charge < -0.3 is 14.8 Å². The summed E-state index contributed by atoms with van der Waals surface area (Å²) >= 11 is 0. The minimum Gasteiger partial charge on any atom is -0.478 e. The second-order valence-electron chi connectivity index (χ2n) is 5.11. The number of carbonyl (C=O) groups excluding carboxylic acids is 1. The fraction of sp³-hybridized carbons (Fsp3) is 0.250. The summed E-state index contributed by atoms with van der Waals surface area (Å²) in [6.07, 6.45) is 0.401. The normalized spacial score (nSPS) is 18.1. The summed E-state index contributed by atoms with van der Waals surface area (Å²) in [5.74, 6) is -0.533. The number of sulfone groups is 1. The molecule has 0 saturated heterocycles. The van der Waals surface area contributed by atoms with Crippen LogP contribution < -0.4 is 14.8 Å². The maximum Gasteiger partial charge on any atom is 0.266 e. The minimum atomic E-state index is -3.58. The van der Waals surface area contributed by atoms with Crippen LogP contribution in [0.1, 0.15) is 6.92 Å². The first kappa shape index (κ1) is 16.3. The van der Waals surface area contributed by atoms with Crippen LogP contribution in [0.25, 0.3) is 0 Å². The van der Waals surface area contributed by atoms with E-state index in [1.165, 1.54) is 12.1 Å². The highest BCUT2D eigenvalue weighted by Gasteiger charge is 2.36.